The largest absolute Gasteiger partial charge is 0.348 e. The van der Waals surface area contributed by atoms with Crippen LogP contribution in [-0.2, 0) is 27.7 Å². The zero-order chi connectivity index (χ0) is 21.9. The molecule has 1 amide bonds. The van der Waals surface area contributed by atoms with Crippen molar-refractivity contribution in [3.8, 4) is 0 Å². The van der Waals surface area contributed by atoms with Gasteiger partial charge in [-0.05, 0) is 67.0 Å². The van der Waals surface area contributed by atoms with Crippen molar-refractivity contribution in [2.45, 2.75) is 45.1 Å². The second-order valence-electron chi connectivity index (χ2n) is 7.63. The smallest absolute Gasteiger partial charge is 0.241 e. The highest BCUT2D eigenvalue weighted by atomic mass is 35.5. The summed E-state index contributed by atoms with van der Waals surface area (Å²) in [5, 5.41) is 2.73. The van der Waals surface area contributed by atoms with Crippen LogP contribution in [0.3, 0.4) is 0 Å². The summed E-state index contributed by atoms with van der Waals surface area (Å²) in [6.07, 6.45) is 6.17. The molecule has 0 aliphatic heterocycles. The molecule has 0 heterocycles. The third-order valence-corrected chi connectivity index (χ3v) is 6.83. The maximum atomic E-state index is 13.5. The lowest BCUT2D eigenvalue weighted by atomic mass is 9.89. The molecule has 0 aromatic heterocycles. The third kappa shape index (κ3) is 5.32. The van der Waals surface area contributed by atoms with Crippen LogP contribution in [0, 0.1) is 5.82 Å². The number of benzene rings is 2. The van der Waals surface area contributed by atoms with Gasteiger partial charge in [-0.25, -0.2) is 12.8 Å². The van der Waals surface area contributed by atoms with Gasteiger partial charge in [0.1, 0.15) is 12.4 Å². The molecule has 1 aliphatic rings. The van der Waals surface area contributed by atoms with E-state index in [1.165, 1.54) is 36.1 Å². The Hall–Kier alpha value is -2.12. The molecular formula is C22H26ClFN2O3S. The standard InChI is InChI=1S/C22H26ClFN2O3S/c1-3-21(17-9-8-15-6-4-5-7-16(15)12-17)25-22(27)14-26(30(2,28)29)18-10-11-20(24)19(23)13-18/h8-13,21H,3-7,14H2,1-2H3,(H,25,27)/t21-/m1/s1. The number of aryl methyl sites for hydroxylation is 2. The lowest BCUT2D eigenvalue weighted by molar-refractivity contribution is -0.120. The number of hydrogen-bond donors (Lipinski definition) is 1. The van der Waals surface area contributed by atoms with Crippen molar-refractivity contribution in [1.82, 2.24) is 5.32 Å². The maximum absolute atomic E-state index is 13.5. The van der Waals surface area contributed by atoms with Crippen LogP contribution in [0.15, 0.2) is 36.4 Å². The molecule has 1 N–H and O–H groups in total. The van der Waals surface area contributed by atoms with E-state index in [1.54, 1.807) is 0 Å². The fourth-order valence-corrected chi connectivity index (χ4v) is 4.82. The number of sulfonamides is 1. The number of carbonyl (C=O) groups excluding carboxylic acids is 1. The molecule has 0 unspecified atom stereocenters. The van der Waals surface area contributed by atoms with Crippen LogP contribution in [0.1, 0.15) is 48.9 Å². The Morgan fingerprint density at radius 1 is 1.17 bits per heavy atom. The fourth-order valence-electron chi connectivity index (χ4n) is 3.80. The predicted molar refractivity (Wildman–Crippen MR) is 118 cm³/mol. The highest BCUT2D eigenvalue weighted by molar-refractivity contribution is 7.92. The molecule has 0 saturated heterocycles. The average Bonchev–Trinajstić information content (AvgIpc) is 2.71. The van der Waals surface area contributed by atoms with Gasteiger partial charge < -0.3 is 5.32 Å². The summed E-state index contributed by atoms with van der Waals surface area (Å²) in [4.78, 5) is 12.7. The molecule has 162 valence electrons. The molecule has 0 radical (unpaired) electrons. The predicted octanol–water partition coefficient (Wildman–Crippen LogP) is 4.39. The van der Waals surface area contributed by atoms with Gasteiger partial charge in [-0.2, -0.15) is 0 Å². The Morgan fingerprint density at radius 2 is 1.87 bits per heavy atom. The van der Waals surface area contributed by atoms with Gasteiger partial charge in [0, 0.05) is 0 Å². The minimum atomic E-state index is -3.77. The number of halogens is 2. The number of carbonyl (C=O) groups is 1. The van der Waals surface area contributed by atoms with E-state index in [0.717, 1.165) is 35.0 Å². The van der Waals surface area contributed by atoms with Crippen molar-refractivity contribution in [3.05, 3.63) is 63.9 Å². The Bertz CT molecular complexity index is 1040. The molecule has 5 nitrogen and oxygen atoms in total. The highest BCUT2D eigenvalue weighted by Crippen LogP contribution is 2.27. The molecule has 0 saturated carbocycles. The van der Waals surface area contributed by atoms with E-state index in [4.69, 9.17) is 11.6 Å². The van der Waals surface area contributed by atoms with E-state index < -0.39 is 28.3 Å². The number of nitrogens with zero attached hydrogens (tertiary/aromatic N) is 1. The molecule has 0 spiro atoms. The zero-order valence-electron chi connectivity index (χ0n) is 17.1. The van der Waals surface area contributed by atoms with Gasteiger partial charge in [-0.1, -0.05) is 36.7 Å². The molecule has 1 atom stereocenters. The zero-order valence-corrected chi connectivity index (χ0v) is 18.7. The van der Waals surface area contributed by atoms with Crippen molar-refractivity contribution >= 4 is 33.2 Å². The van der Waals surface area contributed by atoms with Gasteiger partial charge in [0.05, 0.1) is 23.0 Å². The van der Waals surface area contributed by atoms with E-state index >= 15 is 0 Å². The molecule has 0 bridgehead atoms. The van der Waals surface area contributed by atoms with Crippen molar-refractivity contribution in [3.63, 3.8) is 0 Å². The Balaban J connectivity index is 1.77. The highest BCUT2D eigenvalue weighted by Gasteiger charge is 2.23. The quantitative estimate of drug-likeness (QED) is 0.677. The minimum Gasteiger partial charge on any atom is -0.348 e. The second-order valence-corrected chi connectivity index (χ2v) is 9.95. The number of fused-ring (bicyclic) bond motifs is 1. The van der Waals surface area contributed by atoms with Gasteiger partial charge in [0.15, 0.2) is 0 Å². The van der Waals surface area contributed by atoms with Crippen LogP contribution in [-0.4, -0.2) is 27.1 Å². The number of anilines is 1. The second kappa shape index (κ2) is 9.35. The number of rotatable bonds is 7. The monoisotopic (exact) mass is 452 g/mol. The van der Waals surface area contributed by atoms with Crippen molar-refractivity contribution in [2.75, 3.05) is 17.1 Å². The molecule has 2 aromatic rings. The molecule has 1 aliphatic carbocycles. The van der Waals surface area contributed by atoms with Crippen LogP contribution < -0.4 is 9.62 Å². The number of hydrogen-bond acceptors (Lipinski definition) is 3. The lowest BCUT2D eigenvalue weighted by Crippen LogP contribution is -2.41. The SMILES string of the molecule is CC[C@@H](NC(=O)CN(c1ccc(F)c(Cl)c1)S(C)(=O)=O)c1ccc2c(c1)CCCC2. The van der Waals surface area contributed by atoms with E-state index in [9.17, 15) is 17.6 Å². The van der Waals surface area contributed by atoms with E-state index in [-0.39, 0.29) is 16.8 Å². The van der Waals surface area contributed by atoms with Crippen molar-refractivity contribution in [1.29, 1.82) is 0 Å². The van der Waals surface area contributed by atoms with Crippen LogP contribution in [0.25, 0.3) is 0 Å². The maximum Gasteiger partial charge on any atom is 0.241 e. The molecule has 8 heteroatoms. The first-order valence-corrected chi connectivity index (χ1v) is 12.3. The summed E-state index contributed by atoms with van der Waals surface area (Å²) in [6, 6.07) is 9.66. The fraction of sp³-hybridized carbons (Fsp3) is 0.409. The molecule has 2 aromatic carbocycles. The van der Waals surface area contributed by atoms with Gasteiger partial charge in [0.2, 0.25) is 15.9 Å². The van der Waals surface area contributed by atoms with E-state index in [2.05, 4.69) is 17.4 Å². The normalized spacial score (nSPS) is 14.7. The summed E-state index contributed by atoms with van der Waals surface area (Å²) in [5.41, 5.74) is 3.84. The summed E-state index contributed by atoms with van der Waals surface area (Å²) in [5.74, 6) is -1.10. The molecule has 30 heavy (non-hydrogen) atoms. The summed E-state index contributed by atoms with van der Waals surface area (Å²) < 4.78 is 38.9. The van der Waals surface area contributed by atoms with Crippen molar-refractivity contribution in [2.24, 2.45) is 0 Å². The average molecular weight is 453 g/mol. The third-order valence-electron chi connectivity index (χ3n) is 5.40. The summed E-state index contributed by atoms with van der Waals surface area (Å²) in [6.45, 7) is 1.56. The van der Waals surface area contributed by atoms with Gasteiger partial charge in [0.25, 0.3) is 0 Å². The van der Waals surface area contributed by atoms with Crippen LogP contribution in [0.5, 0.6) is 0 Å². The number of amides is 1. The first kappa shape index (κ1) is 22.6. The lowest BCUT2D eigenvalue weighted by Gasteiger charge is -2.25. The number of nitrogens with one attached hydrogen (secondary N) is 1. The molecule has 0 fully saturated rings. The Morgan fingerprint density at radius 3 is 2.50 bits per heavy atom. The van der Waals surface area contributed by atoms with Gasteiger partial charge in [-0.3, -0.25) is 9.10 Å². The molecular weight excluding hydrogens is 427 g/mol. The van der Waals surface area contributed by atoms with Crippen LogP contribution in [0.4, 0.5) is 10.1 Å². The topological polar surface area (TPSA) is 66.5 Å². The van der Waals surface area contributed by atoms with E-state index in [1.807, 2.05) is 13.0 Å². The Kier molecular flexibility index (Phi) is 7.03. The molecule has 3 rings (SSSR count). The summed E-state index contributed by atoms with van der Waals surface area (Å²) >= 11 is 5.79. The van der Waals surface area contributed by atoms with E-state index in [0.29, 0.717) is 6.42 Å². The van der Waals surface area contributed by atoms with Gasteiger partial charge in [-0.15, -0.1) is 0 Å². The van der Waals surface area contributed by atoms with Crippen molar-refractivity contribution < 1.29 is 17.6 Å². The first-order valence-electron chi connectivity index (χ1n) is 10.0. The first-order chi connectivity index (χ1) is 14.2. The van der Waals surface area contributed by atoms with Crippen LogP contribution in [0.2, 0.25) is 5.02 Å². The Labute approximate surface area is 182 Å². The minimum absolute atomic E-state index is 0.140. The van der Waals surface area contributed by atoms with Gasteiger partial charge >= 0.3 is 0 Å². The summed E-state index contributed by atoms with van der Waals surface area (Å²) in [7, 11) is -3.77. The van der Waals surface area contributed by atoms with Crippen LogP contribution >= 0.6 is 11.6 Å².